The second-order valence-electron chi connectivity index (χ2n) is 5.36. The molecule has 4 heteroatoms. The molecule has 1 aromatic heterocycles. The normalized spacial score (nSPS) is 12.3. The summed E-state index contributed by atoms with van der Waals surface area (Å²) in [6.45, 7) is 6.11. The van der Waals surface area contributed by atoms with Gasteiger partial charge in [-0.25, -0.2) is 4.98 Å². The molecule has 0 saturated carbocycles. The van der Waals surface area contributed by atoms with Crippen LogP contribution in [0.3, 0.4) is 0 Å². The van der Waals surface area contributed by atoms with E-state index in [1.165, 1.54) is 0 Å². The summed E-state index contributed by atoms with van der Waals surface area (Å²) in [4.78, 5) is 8.83. The van der Waals surface area contributed by atoms with Crippen LogP contribution in [-0.4, -0.2) is 23.8 Å². The second-order valence-corrected chi connectivity index (χ2v) is 5.71. The van der Waals surface area contributed by atoms with Crippen molar-refractivity contribution in [3.8, 4) is 5.75 Å². The first-order valence-electron chi connectivity index (χ1n) is 6.08. The van der Waals surface area contributed by atoms with Gasteiger partial charge in [-0.05, 0) is 45.0 Å². The van der Waals surface area contributed by atoms with Crippen LogP contribution in [0.5, 0.6) is 5.75 Å². The molecule has 2 rings (SSSR count). The largest absolute Gasteiger partial charge is 0.497 e. The van der Waals surface area contributed by atoms with E-state index in [2.05, 4.69) is 9.98 Å². The fourth-order valence-electron chi connectivity index (χ4n) is 1.63. The number of pyridine rings is 1. The monoisotopic (exact) mass is 276 g/mol. The van der Waals surface area contributed by atoms with E-state index in [9.17, 15) is 0 Å². The van der Waals surface area contributed by atoms with E-state index in [4.69, 9.17) is 16.3 Å². The third kappa shape index (κ3) is 3.44. The highest BCUT2D eigenvalue weighted by atomic mass is 35.5. The van der Waals surface area contributed by atoms with Crippen molar-refractivity contribution in [3.05, 3.63) is 35.0 Å². The number of methoxy groups -OCH3 is 1. The molecule has 0 fully saturated rings. The van der Waals surface area contributed by atoms with Crippen LogP contribution in [0.2, 0.25) is 5.15 Å². The maximum Gasteiger partial charge on any atom is 0.138 e. The molecule has 3 nitrogen and oxygen atoms in total. The number of hydrogen-bond acceptors (Lipinski definition) is 3. The van der Waals surface area contributed by atoms with Crippen molar-refractivity contribution in [1.82, 2.24) is 4.98 Å². The molecule has 0 saturated heterocycles. The molecule has 0 N–H and O–H groups in total. The average molecular weight is 277 g/mol. The lowest BCUT2D eigenvalue weighted by molar-refractivity contribution is 0.415. The predicted molar refractivity (Wildman–Crippen MR) is 80.7 cm³/mol. The Balaban J connectivity index is 2.50. The Morgan fingerprint density at radius 3 is 2.63 bits per heavy atom. The Kier molecular flexibility index (Phi) is 3.76. The minimum absolute atomic E-state index is 0.132. The number of ether oxygens (including phenoxy) is 1. The van der Waals surface area contributed by atoms with Gasteiger partial charge in [-0.2, -0.15) is 0 Å². The van der Waals surface area contributed by atoms with E-state index < -0.39 is 0 Å². The molecule has 0 radical (unpaired) electrons. The Hall–Kier alpha value is -1.61. The zero-order valence-corrected chi connectivity index (χ0v) is 12.3. The van der Waals surface area contributed by atoms with Gasteiger partial charge < -0.3 is 4.74 Å². The van der Waals surface area contributed by atoms with Gasteiger partial charge in [-0.3, -0.25) is 4.99 Å². The summed E-state index contributed by atoms with van der Waals surface area (Å²) in [6, 6.07) is 7.68. The lowest BCUT2D eigenvalue weighted by atomic mass is 10.1. The summed E-state index contributed by atoms with van der Waals surface area (Å²) in [5.41, 5.74) is 1.53. The first-order valence-corrected chi connectivity index (χ1v) is 6.46. The van der Waals surface area contributed by atoms with Crippen molar-refractivity contribution in [3.63, 3.8) is 0 Å². The molecule has 0 spiro atoms. The molecular weight excluding hydrogens is 260 g/mol. The average Bonchev–Trinajstić information content (AvgIpc) is 2.34. The van der Waals surface area contributed by atoms with E-state index in [0.29, 0.717) is 5.15 Å². The standard InChI is InChI=1S/C15H17ClN2O/c1-15(2,3)17-9-11-7-10-8-12(19-4)5-6-13(10)18-14(11)16/h5-9H,1-4H3/b17-9-. The summed E-state index contributed by atoms with van der Waals surface area (Å²) in [6.07, 6.45) is 1.77. The van der Waals surface area contributed by atoms with Crippen molar-refractivity contribution in [2.75, 3.05) is 7.11 Å². The maximum atomic E-state index is 6.17. The molecule has 2 aromatic rings. The van der Waals surface area contributed by atoms with E-state index >= 15 is 0 Å². The minimum atomic E-state index is -0.132. The molecule has 0 unspecified atom stereocenters. The number of benzene rings is 1. The van der Waals surface area contributed by atoms with Gasteiger partial charge in [0.05, 0.1) is 18.2 Å². The van der Waals surface area contributed by atoms with Crippen molar-refractivity contribution in [2.24, 2.45) is 4.99 Å². The van der Waals surface area contributed by atoms with Gasteiger partial charge in [0.1, 0.15) is 10.9 Å². The molecule has 100 valence electrons. The van der Waals surface area contributed by atoms with Crippen molar-refractivity contribution < 1.29 is 4.74 Å². The van der Waals surface area contributed by atoms with Gasteiger partial charge in [-0.15, -0.1) is 0 Å². The SMILES string of the molecule is COc1ccc2nc(Cl)c(/C=N\C(C)(C)C)cc2c1. The predicted octanol–water partition coefficient (Wildman–Crippen LogP) is 4.11. The van der Waals surface area contributed by atoms with Crippen LogP contribution in [-0.2, 0) is 0 Å². The highest BCUT2D eigenvalue weighted by molar-refractivity contribution is 6.32. The molecule has 0 amide bonds. The molecule has 1 aromatic carbocycles. The Morgan fingerprint density at radius 1 is 1.26 bits per heavy atom. The third-order valence-electron chi connectivity index (χ3n) is 2.59. The number of fused-ring (bicyclic) bond motifs is 1. The molecule has 0 bridgehead atoms. The lowest BCUT2D eigenvalue weighted by Crippen LogP contribution is -2.09. The number of aliphatic imine (C=N–C) groups is 1. The first kappa shape index (κ1) is 13.8. The lowest BCUT2D eigenvalue weighted by Gasteiger charge is -2.11. The topological polar surface area (TPSA) is 34.5 Å². The highest BCUT2D eigenvalue weighted by Crippen LogP contribution is 2.23. The third-order valence-corrected chi connectivity index (χ3v) is 2.90. The Morgan fingerprint density at radius 2 is 2.00 bits per heavy atom. The molecule has 0 aliphatic carbocycles. The van der Waals surface area contributed by atoms with E-state index in [1.54, 1.807) is 13.3 Å². The number of nitrogens with zero attached hydrogens (tertiary/aromatic N) is 2. The van der Waals surface area contributed by atoms with Crippen molar-refractivity contribution in [2.45, 2.75) is 26.3 Å². The summed E-state index contributed by atoms with van der Waals surface area (Å²) >= 11 is 6.17. The van der Waals surface area contributed by atoms with Gasteiger partial charge in [0, 0.05) is 17.2 Å². The minimum Gasteiger partial charge on any atom is -0.497 e. The number of halogens is 1. The molecule has 1 heterocycles. The number of rotatable bonds is 2. The van der Waals surface area contributed by atoms with Crippen LogP contribution in [0.25, 0.3) is 10.9 Å². The molecule has 0 aliphatic rings. The van der Waals surface area contributed by atoms with E-state index in [0.717, 1.165) is 22.2 Å². The summed E-state index contributed by atoms with van der Waals surface area (Å²) in [5.74, 6) is 0.801. The second kappa shape index (κ2) is 5.17. The zero-order valence-electron chi connectivity index (χ0n) is 11.6. The molecular formula is C15H17ClN2O. The molecule has 0 aliphatic heterocycles. The molecule has 0 atom stereocenters. The van der Waals surface area contributed by atoms with Gasteiger partial charge in [0.2, 0.25) is 0 Å². The van der Waals surface area contributed by atoms with Crippen LogP contribution in [0.1, 0.15) is 26.3 Å². The first-order chi connectivity index (χ1) is 8.89. The van der Waals surface area contributed by atoms with Crippen LogP contribution >= 0.6 is 11.6 Å². The van der Waals surface area contributed by atoms with Crippen molar-refractivity contribution >= 4 is 28.7 Å². The molecule has 19 heavy (non-hydrogen) atoms. The van der Waals surface area contributed by atoms with Crippen LogP contribution in [0.4, 0.5) is 0 Å². The summed E-state index contributed by atoms with van der Waals surface area (Å²) in [7, 11) is 1.65. The summed E-state index contributed by atoms with van der Waals surface area (Å²) in [5, 5.41) is 1.45. The number of aromatic nitrogens is 1. The zero-order chi connectivity index (χ0) is 14.0. The van der Waals surface area contributed by atoms with Crippen LogP contribution in [0, 0.1) is 0 Å². The fourth-order valence-corrected chi connectivity index (χ4v) is 1.82. The summed E-state index contributed by atoms with van der Waals surface area (Å²) < 4.78 is 5.21. The van der Waals surface area contributed by atoms with E-state index in [-0.39, 0.29) is 5.54 Å². The highest BCUT2D eigenvalue weighted by Gasteiger charge is 2.08. The quantitative estimate of drug-likeness (QED) is 0.611. The van der Waals surface area contributed by atoms with Gasteiger partial charge in [-0.1, -0.05) is 11.6 Å². The van der Waals surface area contributed by atoms with Crippen LogP contribution in [0.15, 0.2) is 29.3 Å². The van der Waals surface area contributed by atoms with Gasteiger partial charge in [0.15, 0.2) is 0 Å². The Labute approximate surface area is 118 Å². The maximum absolute atomic E-state index is 6.17. The van der Waals surface area contributed by atoms with Gasteiger partial charge >= 0.3 is 0 Å². The number of hydrogen-bond donors (Lipinski definition) is 0. The Bertz CT molecular complexity index is 630. The van der Waals surface area contributed by atoms with E-state index in [1.807, 2.05) is 45.0 Å². The van der Waals surface area contributed by atoms with Gasteiger partial charge in [0.25, 0.3) is 0 Å². The smallest absolute Gasteiger partial charge is 0.138 e. The fraction of sp³-hybridized carbons (Fsp3) is 0.333. The van der Waals surface area contributed by atoms with Crippen molar-refractivity contribution in [1.29, 1.82) is 0 Å². The van der Waals surface area contributed by atoms with Crippen LogP contribution < -0.4 is 4.74 Å².